The van der Waals surface area contributed by atoms with Gasteiger partial charge in [-0.2, -0.15) is 0 Å². The lowest BCUT2D eigenvalue weighted by Gasteiger charge is -2.27. The number of carbonyl (C=O) groups is 5. The molecule has 4 amide bonds. The minimum Gasteiger partial charge on any atom is -0.303 e. The number of nitrogens with zero attached hydrogens (tertiary/aromatic N) is 1. The first-order chi connectivity index (χ1) is 13.0. The van der Waals surface area contributed by atoms with Crippen molar-refractivity contribution in [2.24, 2.45) is 0 Å². The second-order valence-electron chi connectivity index (χ2n) is 6.39. The third-order valence-corrected chi connectivity index (χ3v) is 4.56. The van der Waals surface area contributed by atoms with Gasteiger partial charge in [-0.15, -0.1) is 0 Å². The zero-order valence-corrected chi connectivity index (χ0v) is 14.6. The maximum atomic E-state index is 12.9. The van der Waals surface area contributed by atoms with Gasteiger partial charge in [0, 0.05) is 24.8 Å². The third-order valence-electron chi connectivity index (χ3n) is 4.56. The molecule has 1 atom stereocenters. The second-order valence-corrected chi connectivity index (χ2v) is 6.39. The molecular formula is C20H18N2O5. The van der Waals surface area contributed by atoms with Gasteiger partial charge in [-0.3, -0.25) is 29.4 Å². The molecule has 27 heavy (non-hydrogen) atoms. The van der Waals surface area contributed by atoms with Crippen LogP contribution in [0.25, 0.3) is 0 Å². The Bertz CT molecular complexity index is 893. The summed E-state index contributed by atoms with van der Waals surface area (Å²) >= 11 is 0. The second kappa shape index (κ2) is 7.96. The summed E-state index contributed by atoms with van der Waals surface area (Å²) in [7, 11) is 0. The van der Waals surface area contributed by atoms with Crippen LogP contribution in [0.3, 0.4) is 0 Å². The van der Waals surface area contributed by atoms with Crippen LogP contribution in [0.1, 0.15) is 64.8 Å². The molecular weight excluding hydrogens is 348 g/mol. The molecule has 1 aromatic carbocycles. The van der Waals surface area contributed by atoms with Gasteiger partial charge in [0.2, 0.25) is 11.8 Å². The standard InChI is InChI=1S/C20H18N2O5/c23-12-5-3-1-2-4-7-13-8-6-9-14-17(13)20(27)22(19(14)26)15-10-11-16(24)21-18(15)25/h6,8-9,12,15H,1-3,5,10-11H2,(H,21,24,25). The fourth-order valence-electron chi connectivity index (χ4n) is 3.22. The Hall–Kier alpha value is -3.27. The van der Waals surface area contributed by atoms with Gasteiger partial charge in [0.1, 0.15) is 12.3 Å². The van der Waals surface area contributed by atoms with Crippen molar-refractivity contribution in [1.29, 1.82) is 0 Å². The molecule has 2 aliphatic heterocycles. The van der Waals surface area contributed by atoms with Crippen molar-refractivity contribution in [3.05, 3.63) is 34.9 Å². The molecule has 1 N–H and O–H groups in total. The molecule has 0 saturated carbocycles. The van der Waals surface area contributed by atoms with Gasteiger partial charge in [0.15, 0.2) is 0 Å². The minimum atomic E-state index is -0.987. The Balaban J connectivity index is 1.82. The maximum Gasteiger partial charge on any atom is 0.263 e. The average Bonchev–Trinajstić information content (AvgIpc) is 2.90. The number of hydrogen-bond donors (Lipinski definition) is 1. The SMILES string of the molecule is O=CCCCCC#Cc1cccc2c1C(=O)N(C1CCC(=O)NC1=O)C2=O. The lowest BCUT2D eigenvalue weighted by atomic mass is 10.0. The van der Waals surface area contributed by atoms with Crippen LogP contribution in [0.15, 0.2) is 18.2 Å². The van der Waals surface area contributed by atoms with E-state index in [-0.39, 0.29) is 24.0 Å². The summed E-state index contributed by atoms with van der Waals surface area (Å²) < 4.78 is 0. The van der Waals surface area contributed by atoms with Crippen LogP contribution >= 0.6 is 0 Å². The number of fused-ring (bicyclic) bond motifs is 1. The summed E-state index contributed by atoms with van der Waals surface area (Å²) in [5.74, 6) is 3.74. The van der Waals surface area contributed by atoms with Crippen LogP contribution in [-0.2, 0) is 14.4 Å². The fraction of sp³-hybridized carbons (Fsp3) is 0.350. The summed E-state index contributed by atoms with van der Waals surface area (Å²) in [4.78, 5) is 60.2. The normalized spacial score (nSPS) is 18.7. The Morgan fingerprint density at radius 2 is 1.96 bits per heavy atom. The van der Waals surface area contributed by atoms with E-state index in [9.17, 15) is 24.0 Å². The highest BCUT2D eigenvalue weighted by Gasteiger charge is 2.45. The molecule has 1 fully saturated rings. The minimum absolute atomic E-state index is 0.0806. The molecule has 2 aliphatic rings. The maximum absolute atomic E-state index is 12.9. The molecule has 0 aliphatic carbocycles. The van der Waals surface area contributed by atoms with Crippen molar-refractivity contribution < 1.29 is 24.0 Å². The quantitative estimate of drug-likeness (QED) is 0.365. The van der Waals surface area contributed by atoms with Crippen molar-refractivity contribution in [3.8, 4) is 11.8 Å². The molecule has 1 unspecified atom stereocenters. The molecule has 0 spiro atoms. The number of nitrogens with one attached hydrogen (secondary N) is 1. The van der Waals surface area contributed by atoms with Gasteiger partial charge in [-0.1, -0.05) is 17.9 Å². The number of imide groups is 2. The highest BCUT2D eigenvalue weighted by Crippen LogP contribution is 2.29. The Kier molecular flexibility index (Phi) is 5.46. The first kappa shape index (κ1) is 18.5. The summed E-state index contributed by atoms with van der Waals surface area (Å²) in [6.07, 6.45) is 3.67. The number of aldehydes is 1. The van der Waals surface area contributed by atoms with E-state index in [0.29, 0.717) is 18.4 Å². The summed E-state index contributed by atoms with van der Waals surface area (Å²) in [5.41, 5.74) is 0.862. The van der Waals surface area contributed by atoms with Crippen LogP contribution in [0, 0.1) is 11.8 Å². The van der Waals surface area contributed by atoms with Crippen molar-refractivity contribution in [2.45, 2.75) is 44.6 Å². The molecule has 7 nitrogen and oxygen atoms in total. The van der Waals surface area contributed by atoms with Gasteiger partial charge in [-0.25, -0.2) is 0 Å². The number of rotatable bonds is 5. The largest absolute Gasteiger partial charge is 0.303 e. The molecule has 0 aromatic heterocycles. The summed E-state index contributed by atoms with van der Waals surface area (Å²) in [5, 5.41) is 2.17. The molecule has 7 heteroatoms. The zero-order valence-electron chi connectivity index (χ0n) is 14.6. The van der Waals surface area contributed by atoms with E-state index in [2.05, 4.69) is 17.2 Å². The lowest BCUT2D eigenvalue weighted by molar-refractivity contribution is -0.136. The molecule has 1 aromatic rings. The fourth-order valence-corrected chi connectivity index (χ4v) is 3.22. The molecule has 3 rings (SSSR count). The van der Waals surface area contributed by atoms with Crippen LogP contribution in [0.4, 0.5) is 0 Å². The van der Waals surface area contributed by atoms with E-state index in [0.717, 1.165) is 24.0 Å². The number of unbranched alkanes of at least 4 members (excludes halogenated alkanes) is 3. The molecule has 138 valence electrons. The van der Waals surface area contributed by atoms with Crippen LogP contribution < -0.4 is 5.32 Å². The number of carbonyl (C=O) groups excluding carboxylic acids is 5. The van der Waals surface area contributed by atoms with E-state index >= 15 is 0 Å². The predicted octanol–water partition coefficient (Wildman–Crippen LogP) is 1.20. The zero-order chi connectivity index (χ0) is 19.4. The van der Waals surface area contributed by atoms with Gasteiger partial charge >= 0.3 is 0 Å². The number of amides is 4. The van der Waals surface area contributed by atoms with Crippen molar-refractivity contribution >= 4 is 29.9 Å². The first-order valence-corrected chi connectivity index (χ1v) is 8.81. The van der Waals surface area contributed by atoms with Gasteiger partial charge in [0.05, 0.1) is 11.1 Å². The predicted molar refractivity (Wildman–Crippen MR) is 94.5 cm³/mol. The van der Waals surface area contributed by atoms with Crippen LogP contribution in [0.2, 0.25) is 0 Å². The summed E-state index contributed by atoms with van der Waals surface area (Å²) in [6.45, 7) is 0. The average molecular weight is 366 g/mol. The van der Waals surface area contributed by atoms with Gasteiger partial charge in [-0.05, 0) is 31.4 Å². The third kappa shape index (κ3) is 3.65. The van der Waals surface area contributed by atoms with E-state index in [1.807, 2.05) is 0 Å². The topological polar surface area (TPSA) is 101 Å². The molecule has 2 heterocycles. The Labute approximate surface area is 156 Å². The highest BCUT2D eigenvalue weighted by molar-refractivity contribution is 6.24. The van der Waals surface area contributed by atoms with Crippen LogP contribution in [0.5, 0.6) is 0 Å². The monoisotopic (exact) mass is 366 g/mol. The van der Waals surface area contributed by atoms with Crippen molar-refractivity contribution in [2.75, 3.05) is 0 Å². The van der Waals surface area contributed by atoms with E-state index in [1.54, 1.807) is 12.1 Å². The van der Waals surface area contributed by atoms with E-state index in [4.69, 9.17) is 0 Å². The molecule has 0 radical (unpaired) electrons. The molecule has 0 bridgehead atoms. The van der Waals surface area contributed by atoms with E-state index in [1.165, 1.54) is 6.07 Å². The number of benzene rings is 1. The Morgan fingerprint density at radius 1 is 1.15 bits per heavy atom. The lowest BCUT2D eigenvalue weighted by Crippen LogP contribution is -2.54. The number of piperidine rings is 1. The first-order valence-electron chi connectivity index (χ1n) is 8.81. The van der Waals surface area contributed by atoms with Crippen LogP contribution in [-0.4, -0.2) is 40.9 Å². The summed E-state index contributed by atoms with van der Waals surface area (Å²) in [6, 6.07) is 3.86. The highest BCUT2D eigenvalue weighted by atomic mass is 16.2. The smallest absolute Gasteiger partial charge is 0.263 e. The van der Waals surface area contributed by atoms with Crippen molar-refractivity contribution in [3.63, 3.8) is 0 Å². The van der Waals surface area contributed by atoms with Gasteiger partial charge in [0.25, 0.3) is 11.8 Å². The molecule has 1 saturated heterocycles. The Morgan fingerprint density at radius 3 is 2.70 bits per heavy atom. The van der Waals surface area contributed by atoms with Crippen molar-refractivity contribution in [1.82, 2.24) is 10.2 Å². The number of hydrogen-bond acceptors (Lipinski definition) is 5. The van der Waals surface area contributed by atoms with Gasteiger partial charge < -0.3 is 4.79 Å². The van der Waals surface area contributed by atoms with E-state index < -0.39 is 29.7 Å².